The van der Waals surface area contributed by atoms with E-state index in [0.717, 1.165) is 23.4 Å². The third-order valence-corrected chi connectivity index (χ3v) is 2.82. The molecule has 4 nitrogen and oxygen atoms in total. The van der Waals surface area contributed by atoms with Gasteiger partial charge in [0.2, 0.25) is 0 Å². The average molecular weight is 246 g/mol. The number of imidazole rings is 1. The first-order valence-electron chi connectivity index (χ1n) is 5.98. The van der Waals surface area contributed by atoms with Gasteiger partial charge in [-0.1, -0.05) is 20.8 Å². The van der Waals surface area contributed by atoms with Crippen LogP contribution in [0.25, 0.3) is 11.0 Å². The van der Waals surface area contributed by atoms with E-state index in [-0.39, 0.29) is 5.41 Å². The second-order valence-corrected chi connectivity index (χ2v) is 5.81. The highest BCUT2D eigenvalue weighted by atomic mass is 16.4. The first-order chi connectivity index (χ1) is 8.28. The van der Waals surface area contributed by atoms with E-state index in [9.17, 15) is 4.79 Å². The lowest BCUT2D eigenvalue weighted by molar-refractivity contribution is 0.0697. The Morgan fingerprint density at radius 1 is 1.39 bits per heavy atom. The Morgan fingerprint density at radius 3 is 2.61 bits per heavy atom. The zero-order chi connectivity index (χ0) is 13.5. The molecule has 0 aliphatic carbocycles. The largest absolute Gasteiger partial charge is 0.478 e. The van der Waals surface area contributed by atoms with Crippen molar-refractivity contribution in [3.63, 3.8) is 0 Å². The summed E-state index contributed by atoms with van der Waals surface area (Å²) in [6, 6.07) is 5.06. The lowest BCUT2D eigenvalue weighted by Crippen LogP contribution is -2.16. The molecule has 1 N–H and O–H groups in total. The van der Waals surface area contributed by atoms with E-state index in [0.29, 0.717) is 5.56 Å². The Balaban J connectivity index is 2.60. The van der Waals surface area contributed by atoms with Gasteiger partial charge in [0.25, 0.3) is 0 Å². The number of aromatic nitrogens is 2. The minimum Gasteiger partial charge on any atom is -0.478 e. The first-order valence-corrected chi connectivity index (χ1v) is 5.98. The summed E-state index contributed by atoms with van der Waals surface area (Å²) in [7, 11) is 0. The highest BCUT2D eigenvalue weighted by molar-refractivity contribution is 5.92. The van der Waals surface area contributed by atoms with Gasteiger partial charge in [-0.15, -0.1) is 0 Å². The lowest BCUT2D eigenvalue weighted by atomic mass is 9.96. The molecule has 96 valence electrons. The Labute approximate surface area is 106 Å². The maximum absolute atomic E-state index is 11.0. The third-order valence-electron chi connectivity index (χ3n) is 2.82. The van der Waals surface area contributed by atoms with Crippen molar-refractivity contribution in [3.8, 4) is 0 Å². The number of rotatable bonds is 2. The Hall–Kier alpha value is -1.84. The number of hydrogen-bond donors (Lipinski definition) is 1. The third kappa shape index (κ3) is 2.37. The molecule has 1 aromatic carbocycles. The molecular weight excluding hydrogens is 228 g/mol. The summed E-state index contributed by atoms with van der Waals surface area (Å²) in [4.78, 5) is 15.5. The number of nitrogens with zero attached hydrogens (tertiary/aromatic N) is 2. The van der Waals surface area contributed by atoms with Crippen molar-refractivity contribution in [3.05, 3.63) is 29.6 Å². The predicted molar refractivity (Wildman–Crippen MR) is 70.9 cm³/mol. The van der Waals surface area contributed by atoms with Gasteiger partial charge in [0.15, 0.2) is 0 Å². The molecule has 0 aliphatic heterocycles. The molecule has 1 aromatic heterocycles. The maximum atomic E-state index is 11.0. The summed E-state index contributed by atoms with van der Waals surface area (Å²) in [5.74, 6) is 0.0144. The topological polar surface area (TPSA) is 55.1 Å². The molecular formula is C14H18N2O2. The molecule has 18 heavy (non-hydrogen) atoms. The summed E-state index contributed by atoms with van der Waals surface area (Å²) in [5.41, 5.74) is 2.17. The van der Waals surface area contributed by atoms with Crippen molar-refractivity contribution >= 4 is 17.0 Å². The van der Waals surface area contributed by atoms with Crippen LogP contribution in [0.15, 0.2) is 18.2 Å². The maximum Gasteiger partial charge on any atom is 0.335 e. The minimum atomic E-state index is -0.905. The van der Waals surface area contributed by atoms with Gasteiger partial charge in [-0.25, -0.2) is 9.78 Å². The van der Waals surface area contributed by atoms with Gasteiger partial charge in [0.1, 0.15) is 5.82 Å². The molecule has 0 radical (unpaired) electrons. The molecule has 0 aliphatic rings. The van der Waals surface area contributed by atoms with E-state index < -0.39 is 5.97 Å². The fourth-order valence-corrected chi connectivity index (χ4v) is 2.05. The molecule has 1 heterocycles. The number of aromatic carboxylic acids is 1. The number of carboxylic acids is 1. The molecule has 0 atom stereocenters. The lowest BCUT2D eigenvalue weighted by Gasteiger charge is -2.20. The van der Waals surface area contributed by atoms with Crippen LogP contribution in [0.5, 0.6) is 0 Å². The van der Waals surface area contributed by atoms with Crippen molar-refractivity contribution in [2.75, 3.05) is 0 Å². The molecule has 0 saturated heterocycles. The van der Waals surface area contributed by atoms with Gasteiger partial charge in [-0.3, -0.25) is 0 Å². The van der Waals surface area contributed by atoms with Crippen molar-refractivity contribution < 1.29 is 9.90 Å². The Bertz CT molecular complexity index is 606. The number of hydrogen-bond acceptors (Lipinski definition) is 2. The van der Waals surface area contributed by atoms with E-state index in [2.05, 4.69) is 30.3 Å². The summed E-state index contributed by atoms with van der Waals surface area (Å²) in [5, 5.41) is 9.04. The van der Waals surface area contributed by atoms with Crippen LogP contribution >= 0.6 is 0 Å². The SMILES string of the molecule is Cc1nc2ccc(C(=O)O)cc2n1CC(C)(C)C. The summed E-state index contributed by atoms with van der Waals surface area (Å²) in [6.45, 7) is 9.22. The van der Waals surface area contributed by atoms with E-state index in [1.807, 2.05) is 6.92 Å². The summed E-state index contributed by atoms with van der Waals surface area (Å²) >= 11 is 0. The highest BCUT2D eigenvalue weighted by Crippen LogP contribution is 2.23. The zero-order valence-corrected chi connectivity index (χ0v) is 11.2. The Morgan fingerprint density at radius 2 is 2.06 bits per heavy atom. The second-order valence-electron chi connectivity index (χ2n) is 5.81. The number of carbonyl (C=O) groups is 1. The van der Waals surface area contributed by atoms with Gasteiger partial charge >= 0.3 is 5.97 Å². The van der Waals surface area contributed by atoms with Crippen molar-refractivity contribution in [1.29, 1.82) is 0 Å². The zero-order valence-electron chi connectivity index (χ0n) is 11.2. The smallest absolute Gasteiger partial charge is 0.335 e. The van der Waals surface area contributed by atoms with Crippen LogP contribution in [0.3, 0.4) is 0 Å². The standard InChI is InChI=1S/C14H18N2O2/c1-9-15-11-6-5-10(13(17)18)7-12(11)16(9)8-14(2,3)4/h5-7H,8H2,1-4H3,(H,17,18). The van der Waals surface area contributed by atoms with Gasteiger partial charge in [0, 0.05) is 6.54 Å². The predicted octanol–water partition coefficient (Wildman–Crippen LogP) is 3.09. The van der Waals surface area contributed by atoms with Crippen LogP contribution < -0.4 is 0 Å². The molecule has 4 heteroatoms. The van der Waals surface area contributed by atoms with Gasteiger partial charge in [0.05, 0.1) is 16.6 Å². The average Bonchev–Trinajstić information content (AvgIpc) is 2.53. The van der Waals surface area contributed by atoms with E-state index in [1.165, 1.54) is 0 Å². The van der Waals surface area contributed by atoms with Gasteiger partial charge in [-0.2, -0.15) is 0 Å². The van der Waals surface area contributed by atoms with Crippen LogP contribution in [0, 0.1) is 12.3 Å². The highest BCUT2D eigenvalue weighted by Gasteiger charge is 2.16. The number of aryl methyl sites for hydroxylation is 1. The summed E-state index contributed by atoms with van der Waals surface area (Å²) < 4.78 is 2.09. The molecule has 0 saturated carbocycles. The van der Waals surface area contributed by atoms with E-state index in [4.69, 9.17) is 5.11 Å². The second kappa shape index (κ2) is 4.12. The fourth-order valence-electron chi connectivity index (χ4n) is 2.05. The molecule has 0 unspecified atom stereocenters. The van der Waals surface area contributed by atoms with Crippen LogP contribution in [0.4, 0.5) is 0 Å². The summed E-state index contributed by atoms with van der Waals surface area (Å²) in [6.07, 6.45) is 0. The van der Waals surface area contributed by atoms with Crippen LogP contribution in [-0.2, 0) is 6.54 Å². The van der Waals surface area contributed by atoms with Gasteiger partial charge in [-0.05, 0) is 30.5 Å². The van der Waals surface area contributed by atoms with Crippen LogP contribution in [0.1, 0.15) is 37.0 Å². The normalized spacial score (nSPS) is 12.0. The molecule has 2 aromatic rings. The first kappa shape index (κ1) is 12.6. The minimum absolute atomic E-state index is 0.123. The van der Waals surface area contributed by atoms with Crippen molar-refractivity contribution in [1.82, 2.24) is 9.55 Å². The number of fused-ring (bicyclic) bond motifs is 1. The molecule has 0 bridgehead atoms. The number of benzene rings is 1. The number of carboxylic acid groups (broad SMARTS) is 1. The molecule has 2 rings (SSSR count). The monoisotopic (exact) mass is 246 g/mol. The Kier molecular flexibility index (Phi) is 2.89. The van der Waals surface area contributed by atoms with Crippen molar-refractivity contribution in [2.45, 2.75) is 34.2 Å². The van der Waals surface area contributed by atoms with E-state index in [1.54, 1.807) is 18.2 Å². The van der Waals surface area contributed by atoms with Gasteiger partial charge < -0.3 is 9.67 Å². The van der Waals surface area contributed by atoms with E-state index >= 15 is 0 Å². The van der Waals surface area contributed by atoms with Crippen LogP contribution in [0.2, 0.25) is 0 Å². The van der Waals surface area contributed by atoms with Crippen molar-refractivity contribution in [2.24, 2.45) is 5.41 Å². The molecule has 0 spiro atoms. The quantitative estimate of drug-likeness (QED) is 0.885. The molecule has 0 amide bonds. The molecule has 0 fully saturated rings. The fraction of sp³-hybridized carbons (Fsp3) is 0.429. The van der Waals surface area contributed by atoms with Crippen LogP contribution in [-0.4, -0.2) is 20.6 Å².